The van der Waals surface area contributed by atoms with Gasteiger partial charge in [0, 0.05) is 13.1 Å². The van der Waals surface area contributed by atoms with Crippen molar-refractivity contribution in [1.29, 1.82) is 0 Å². The molecule has 1 unspecified atom stereocenters. The lowest BCUT2D eigenvalue weighted by molar-refractivity contribution is 0.0753. The minimum Gasteiger partial charge on any atom is -0.337 e. The van der Waals surface area contributed by atoms with Crippen LogP contribution < -0.4 is 11.3 Å². The Morgan fingerprint density at radius 2 is 2.26 bits per heavy atom. The second-order valence-corrected chi connectivity index (χ2v) is 4.95. The summed E-state index contributed by atoms with van der Waals surface area (Å²) in [7, 11) is 0. The first-order chi connectivity index (χ1) is 9.24. The van der Waals surface area contributed by atoms with Crippen LogP contribution in [-0.4, -0.2) is 34.1 Å². The van der Waals surface area contributed by atoms with Gasteiger partial charge in [-0.15, -0.1) is 10.2 Å². The Hall–Kier alpha value is -1.69. The van der Waals surface area contributed by atoms with Gasteiger partial charge in [0.15, 0.2) is 11.5 Å². The van der Waals surface area contributed by atoms with E-state index < -0.39 is 0 Å². The highest BCUT2D eigenvalue weighted by atomic mass is 16.2. The maximum atomic E-state index is 12.3. The zero-order valence-electron chi connectivity index (χ0n) is 11.3. The molecule has 2 heterocycles. The van der Waals surface area contributed by atoms with Crippen LogP contribution in [0.1, 0.15) is 43.1 Å². The SMILES string of the molecule is CCC1CCCN(C(=O)c2ccc(NN)nn2)CC1. The highest BCUT2D eigenvalue weighted by Gasteiger charge is 2.21. The third-order valence-corrected chi connectivity index (χ3v) is 3.74. The summed E-state index contributed by atoms with van der Waals surface area (Å²) in [5, 5.41) is 7.74. The summed E-state index contributed by atoms with van der Waals surface area (Å²) in [6.07, 6.45) is 4.55. The number of hydrogen-bond donors (Lipinski definition) is 2. The molecule has 0 spiro atoms. The summed E-state index contributed by atoms with van der Waals surface area (Å²) < 4.78 is 0. The molecule has 6 nitrogen and oxygen atoms in total. The first-order valence-electron chi connectivity index (χ1n) is 6.84. The molecule has 2 rings (SSSR count). The Morgan fingerprint density at radius 3 is 2.89 bits per heavy atom. The summed E-state index contributed by atoms with van der Waals surface area (Å²) in [6, 6.07) is 3.32. The Kier molecular flexibility index (Phi) is 4.68. The summed E-state index contributed by atoms with van der Waals surface area (Å²) in [5.41, 5.74) is 2.78. The second kappa shape index (κ2) is 6.47. The number of anilines is 1. The largest absolute Gasteiger partial charge is 0.337 e. The third kappa shape index (κ3) is 3.41. The Labute approximate surface area is 113 Å². The summed E-state index contributed by atoms with van der Waals surface area (Å²) in [4.78, 5) is 14.2. The maximum Gasteiger partial charge on any atom is 0.274 e. The van der Waals surface area contributed by atoms with Gasteiger partial charge >= 0.3 is 0 Å². The number of nitrogens with two attached hydrogens (primary N) is 1. The predicted molar refractivity (Wildman–Crippen MR) is 73.4 cm³/mol. The number of aromatic nitrogens is 2. The topological polar surface area (TPSA) is 84.1 Å². The highest BCUT2D eigenvalue weighted by molar-refractivity contribution is 5.92. The fourth-order valence-electron chi connectivity index (χ4n) is 2.46. The number of nitrogen functional groups attached to an aromatic ring is 1. The lowest BCUT2D eigenvalue weighted by Crippen LogP contribution is -2.32. The molecule has 0 saturated carbocycles. The van der Waals surface area contributed by atoms with Crippen LogP contribution in [0.25, 0.3) is 0 Å². The number of nitrogens with one attached hydrogen (secondary N) is 1. The van der Waals surface area contributed by atoms with E-state index in [0.717, 1.165) is 31.8 Å². The van der Waals surface area contributed by atoms with Crippen molar-refractivity contribution in [1.82, 2.24) is 15.1 Å². The number of carbonyl (C=O) groups excluding carboxylic acids is 1. The molecular weight excluding hydrogens is 242 g/mol. The van der Waals surface area contributed by atoms with Crippen molar-refractivity contribution in [3.8, 4) is 0 Å². The average Bonchev–Trinajstić information content (AvgIpc) is 2.72. The van der Waals surface area contributed by atoms with Crippen molar-refractivity contribution in [2.75, 3.05) is 18.5 Å². The molecule has 0 aliphatic carbocycles. The van der Waals surface area contributed by atoms with Gasteiger partial charge in [0.05, 0.1) is 0 Å². The molecule has 0 radical (unpaired) electrons. The van der Waals surface area contributed by atoms with Gasteiger partial charge in [0.2, 0.25) is 0 Å². The summed E-state index contributed by atoms with van der Waals surface area (Å²) in [6.45, 7) is 3.84. The fourth-order valence-corrected chi connectivity index (χ4v) is 2.46. The maximum absolute atomic E-state index is 12.3. The van der Waals surface area contributed by atoms with Crippen LogP contribution in [0.5, 0.6) is 0 Å². The molecule has 1 aromatic heterocycles. The lowest BCUT2D eigenvalue weighted by Gasteiger charge is -2.19. The number of likely N-dealkylation sites (tertiary alicyclic amines) is 1. The van der Waals surface area contributed by atoms with Crippen molar-refractivity contribution in [2.45, 2.75) is 32.6 Å². The van der Waals surface area contributed by atoms with Crippen molar-refractivity contribution in [2.24, 2.45) is 11.8 Å². The quantitative estimate of drug-likeness (QED) is 0.636. The molecule has 3 N–H and O–H groups in total. The molecule has 1 saturated heterocycles. The predicted octanol–water partition coefficient (Wildman–Crippen LogP) is 1.41. The highest BCUT2D eigenvalue weighted by Crippen LogP contribution is 2.21. The van der Waals surface area contributed by atoms with E-state index >= 15 is 0 Å². The zero-order valence-corrected chi connectivity index (χ0v) is 11.3. The number of hydrogen-bond acceptors (Lipinski definition) is 5. The second-order valence-electron chi connectivity index (χ2n) is 4.95. The molecule has 6 heteroatoms. The van der Waals surface area contributed by atoms with Gasteiger partial charge < -0.3 is 10.3 Å². The van der Waals surface area contributed by atoms with Gasteiger partial charge in [0.25, 0.3) is 5.91 Å². The summed E-state index contributed by atoms with van der Waals surface area (Å²) >= 11 is 0. The molecule has 19 heavy (non-hydrogen) atoms. The van der Waals surface area contributed by atoms with E-state index in [1.807, 2.05) is 4.90 Å². The molecule has 0 bridgehead atoms. The van der Waals surface area contributed by atoms with E-state index in [0.29, 0.717) is 11.5 Å². The van der Waals surface area contributed by atoms with E-state index in [-0.39, 0.29) is 5.91 Å². The minimum atomic E-state index is -0.0344. The Morgan fingerprint density at radius 1 is 1.42 bits per heavy atom. The van der Waals surface area contributed by atoms with Crippen LogP contribution in [0.15, 0.2) is 12.1 Å². The van der Waals surface area contributed by atoms with E-state index in [9.17, 15) is 4.79 Å². The average molecular weight is 263 g/mol. The van der Waals surface area contributed by atoms with Gasteiger partial charge in [-0.05, 0) is 37.3 Å². The molecule has 1 atom stereocenters. The standard InChI is InChI=1S/C13H21N5O/c1-2-10-4-3-8-18(9-7-10)13(19)11-5-6-12(15-14)17-16-11/h5-6,10H,2-4,7-9,14H2,1H3,(H,15,17). The van der Waals surface area contributed by atoms with Gasteiger partial charge in [-0.1, -0.05) is 13.3 Å². The molecule has 1 fully saturated rings. The number of carbonyl (C=O) groups is 1. The van der Waals surface area contributed by atoms with Gasteiger partial charge in [-0.25, -0.2) is 5.84 Å². The van der Waals surface area contributed by atoms with Crippen LogP contribution in [0.3, 0.4) is 0 Å². The monoisotopic (exact) mass is 263 g/mol. The number of hydrazine groups is 1. The lowest BCUT2D eigenvalue weighted by atomic mass is 9.98. The van der Waals surface area contributed by atoms with Crippen molar-refractivity contribution in [3.05, 3.63) is 17.8 Å². The molecular formula is C13H21N5O. The third-order valence-electron chi connectivity index (χ3n) is 3.74. The number of rotatable bonds is 3. The van der Waals surface area contributed by atoms with E-state index in [1.165, 1.54) is 12.8 Å². The number of amides is 1. The van der Waals surface area contributed by atoms with E-state index in [1.54, 1.807) is 12.1 Å². The van der Waals surface area contributed by atoms with Crippen molar-refractivity contribution < 1.29 is 4.79 Å². The van der Waals surface area contributed by atoms with Crippen LogP contribution >= 0.6 is 0 Å². The molecule has 1 aliphatic rings. The molecule has 1 amide bonds. The van der Waals surface area contributed by atoms with Gasteiger partial charge in [-0.2, -0.15) is 0 Å². The van der Waals surface area contributed by atoms with Crippen molar-refractivity contribution in [3.63, 3.8) is 0 Å². The smallest absolute Gasteiger partial charge is 0.274 e. The summed E-state index contributed by atoms with van der Waals surface area (Å²) in [5.74, 6) is 6.39. The minimum absolute atomic E-state index is 0.0344. The van der Waals surface area contributed by atoms with E-state index in [2.05, 4.69) is 22.5 Å². The first-order valence-corrected chi connectivity index (χ1v) is 6.84. The molecule has 0 aromatic carbocycles. The van der Waals surface area contributed by atoms with Crippen LogP contribution in [0.2, 0.25) is 0 Å². The van der Waals surface area contributed by atoms with Crippen LogP contribution in [-0.2, 0) is 0 Å². The molecule has 104 valence electrons. The number of nitrogens with zero attached hydrogens (tertiary/aromatic N) is 3. The van der Waals surface area contributed by atoms with E-state index in [4.69, 9.17) is 5.84 Å². The zero-order chi connectivity index (χ0) is 13.7. The van der Waals surface area contributed by atoms with Gasteiger partial charge in [0.1, 0.15) is 0 Å². The van der Waals surface area contributed by atoms with Gasteiger partial charge in [-0.3, -0.25) is 4.79 Å². The van der Waals surface area contributed by atoms with Crippen molar-refractivity contribution >= 4 is 11.7 Å². The Balaban J connectivity index is 2.01. The van der Waals surface area contributed by atoms with Crippen LogP contribution in [0.4, 0.5) is 5.82 Å². The normalized spacial score (nSPS) is 19.9. The Bertz CT molecular complexity index is 420. The first kappa shape index (κ1) is 13.7. The van der Waals surface area contributed by atoms with Crippen LogP contribution in [0, 0.1) is 5.92 Å². The molecule has 1 aromatic rings. The fraction of sp³-hybridized carbons (Fsp3) is 0.615. The molecule has 1 aliphatic heterocycles.